The van der Waals surface area contributed by atoms with Gasteiger partial charge in [-0.05, 0) is 34.4 Å². The van der Waals surface area contributed by atoms with E-state index < -0.39 is 0 Å². The molecule has 94 valence electrons. The van der Waals surface area contributed by atoms with Crippen LogP contribution in [-0.2, 0) is 0 Å². The van der Waals surface area contributed by atoms with Crippen molar-refractivity contribution in [2.24, 2.45) is 22.6 Å². The predicted molar refractivity (Wildman–Crippen MR) is 67.5 cm³/mol. The summed E-state index contributed by atoms with van der Waals surface area (Å²) in [5.41, 5.74) is 4.44. The summed E-state index contributed by atoms with van der Waals surface area (Å²) in [5, 5.41) is 0. The van der Waals surface area contributed by atoms with Crippen molar-refractivity contribution in [1.82, 2.24) is 5.43 Å². The summed E-state index contributed by atoms with van der Waals surface area (Å²) in [7, 11) is 0. The average molecular weight is 236 g/mol. The number of nitrogens with two attached hydrogens (primary N) is 1. The van der Waals surface area contributed by atoms with Gasteiger partial charge in [-0.25, -0.2) is 4.39 Å². The highest BCUT2D eigenvalue weighted by Crippen LogP contribution is 2.72. The zero-order chi connectivity index (χ0) is 12.8. The third-order valence-electron chi connectivity index (χ3n) is 4.87. The standard InChI is InChI=1S/C14H21FN2/c1-13(2)12(14(13,3)4)11(17-16)9-5-7-10(15)8-6-9/h5-8,11-12,17H,16H2,1-4H3. The molecule has 1 atom stereocenters. The van der Waals surface area contributed by atoms with Gasteiger partial charge in [0.1, 0.15) is 5.82 Å². The Labute approximate surface area is 102 Å². The molecular weight excluding hydrogens is 215 g/mol. The minimum atomic E-state index is -0.209. The summed E-state index contributed by atoms with van der Waals surface area (Å²) in [5.74, 6) is 5.94. The van der Waals surface area contributed by atoms with Crippen LogP contribution in [0.2, 0.25) is 0 Å². The van der Waals surface area contributed by atoms with Crippen LogP contribution < -0.4 is 11.3 Å². The number of hydrogen-bond acceptors (Lipinski definition) is 2. The zero-order valence-electron chi connectivity index (χ0n) is 10.9. The van der Waals surface area contributed by atoms with E-state index in [0.29, 0.717) is 5.92 Å². The second-order valence-electron chi connectivity index (χ2n) is 6.12. The van der Waals surface area contributed by atoms with Crippen molar-refractivity contribution >= 4 is 0 Å². The molecule has 0 aliphatic heterocycles. The fourth-order valence-electron chi connectivity index (χ4n) is 3.14. The number of nitrogens with one attached hydrogen (secondary N) is 1. The number of benzene rings is 1. The van der Waals surface area contributed by atoms with Crippen LogP contribution >= 0.6 is 0 Å². The molecule has 0 aromatic heterocycles. The van der Waals surface area contributed by atoms with Crippen molar-refractivity contribution in [3.05, 3.63) is 35.6 Å². The molecule has 1 aromatic rings. The zero-order valence-corrected chi connectivity index (χ0v) is 10.9. The highest BCUT2D eigenvalue weighted by atomic mass is 19.1. The van der Waals surface area contributed by atoms with Crippen LogP contribution in [0.1, 0.15) is 39.3 Å². The van der Waals surface area contributed by atoms with E-state index >= 15 is 0 Å². The van der Waals surface area contributed by atoms with Gasteiger partial charge in [-0.1, -0.05) is 39.8 Å². The molecule has 1 fully saturated rings. The smallest absolute Gasteiger partial charge is 0.123 e. The Hall–Kier alpha value is -0.930. The molecule has 3 heteroatoms. The van der Waals surface area contributed by atoms with Crippen molar-refractivity contribution in [1.29, 1.82) is 0 Å². The van der Waals surface area contributed by atoms with E-state index in [-0.39, 0.29) is 22.7 Å². The topological polar surface area (TPSA) is 38.0 Å². The Bertz CT molecular complexity index is 395. The van der Waals surface area contributed by atoms with E-state index in [1.165, 1.54) is 12.1 Å². The van der Waals surface area contributed by atoms with Crippen molar-refractivity contribution in [2.45, 2.75) is 33.7 Å². The van der Waals surface area contributed by atoms with Gasteiger partial charge in [0.25, 0.3) is 0 Å². The fourth-order valence-corrected chi connectivity index (χ4v) is 3.14. The third kappa shape index (κ3) is 1.78. The molecule has 2 rings (SSSR count). The minimum Gasteiger partial charge on any atom is -0.271 e. The van der Waals surface area contributed by atoms with Crippen LogP contribution in [0.15, 0.2) is 24.3 Å². The van der Waals surface area contributed by atoms with E-state index in [4.69, 9.17) is 5.84 Å². The van der Waals surface area contributed by atoms with E-state index in [1.54, 1.807) is 0 Å². The molecule has 1 aromatic carbocycles. The quantitative estimate of drug-likeness (QED) is 0.625. The highest BCUT2D eigenvalue weighted by molar-refractivity contribution is 5.27. The van der Waals surface area contributed by atoms with E-state index in [9.17, 15) is 4.39 Å². The molecule has 1 aliphatic rings. The maximum atomic E-state index is 12.9. The first kappa shape index (κ1) is 12.5. The number of hydrazine groups is 1. The molecule has 1 saturated carbocycles. The molecule has 2 nitrogen and oxygen atoms in total. The largest absolute Gasteiger partial charge is 0.271 e. The van der Waals surface area contributed by atoms with Crippen LogP contribution in [0, 0.1) is 22.6 Å². The van der Waals surface area contributed by atoms with Gasteiger partial charge in [0.15, 0.2) is 0 Å². The van der Waals surface area contributed by atoms with E-state index in [0.717, 1.165) is 5.56 Å². The lowest BCUT2D eigenvalue weighted by Crippen LogP contribution is -2.31. The van der Waals surface area contributed by atoms with E-state index in [2.05, 4.69) is 33.1 Å². The summed E-state index contributed by atoms with van der Waals surface area (Å²) in [6.07, 6.45) is 0. The highest BCUT2D eigenvalue weighted by Gasteiger charge is 2.67. The number of rotatable bonds is 3. The molecule has 17 heavy (non-hydrogen) atoms. The van der Waals surface area contributed by atoms with Crippen molar-refractivity contribution in [3.8, 4) is 0 Å². The molecule has 0 amide bonds. The maximum Gasteiger partial charge on any atom is 0.123 e. The molecule has 1 unspecified atom stereocenters. The number of hydrogen-bond donors (Lipinski definition) is 2. The molecule has 0 saturated heterocycles. The molecule has 0 heterocycles. The summed E-state index contributed by atoms with van der Waals surface area (Å²) in [6.45, 7) is 9.02. The maximum absolute atomic E-state index is 12.9. The Balaban J connectivity index is 2.28. The van der Waals surface area contributed by atoms with Crippen LogP contribution in [0.3, 0.4) is 0 Å². The minimum absolute atomic E-state index is 0.0839. The van der Waals surface area contributed by atoms with E-state index in [1.807, 2.05) is 12.1 Å². The van der Waals surface area contributed by atoms with Gasteiger partial charge in [0.05, 0.1) is 0 Å². The molecule has 0 bridgehead atoms. The summed E-state index contributed by atoms with van der Waals surface area (Å²) < 4.78 is 12.9. The molecular formula is C14H21FN2. The Morgan fingerprint density at radius 3 is 1.94 bits per heavy atom. The van der Waals surface area contributed by atoms with Crippen LogP contribution in [-0.4, -0.2) is 0 Å². The Morgan fingerprint density at radius 2 is 1.59 bits per heavy atom. The second kappa shape index (κ2) is 3.79. The van der Waals surface area contributed by atoms with Gasteiger partial charge in [0, 0.05) is 6.04 Å². The molecule has 1 aliphatic carbocycles. The van der Waals surface area contributed by atoms with Gasteiger partial charge in [-0.2, -0.15) is 0 Å². The fraction of sp³-hybridized carbons (Fsp3) is 0.571. The van der Waals surface area contributed by atoms with Crippen molar-refractivity contribution < 1.29 is 4.39 Å². The van der Waals surface area contributed by atoms with Gasteiger partial charge >= 0.3 is 0 Å². The SMILES string of the molecule is CC1(C)C(C(NN)c2ccc(F)cc2)C1(C)C. The summed E-state index contributed by atoms with van der Waals surface area (Å²) in [4.78, 5) is 0. The van der Waals surface area contributed by atoms with Gasteiger partial charge in [0.2, 0.25) is 0 Å². The first-order chi connectivity index (χ1) is 7.82. The van der Waals surface area contributed by atoms with Crippen LogP contribution in [0.5, 0.6) is 0 Å². The van der Waals surface area contributed by atoms with Crippen molar-refractivity contribution in [3.63, 3.8) is 0 Å². The van der Waals surface area contributed by atoms with Gasteiger partial charge in [-0.3, -0.25) is 11.3 Å². The molecule has 0 spiro atoms. The molecule has 3 N–H and O–H groups in total. The summed E-state index contributed by atoms with van der Waals surface area (Å²) >= 11 is 0. The third-order valence-corrected chi connectivity index (χ3v) is 4.87. The van der Waals surface area contributed by atoms with Gasteiger partial charge < -0.3 is 0 Å². The lowest BCUT2D eigenvalue weighted by Gasteiger charge is -2.18. The average Bonchev–Trinajstić information content (AvgIpc) is 2.65. The normalized spacial score (nSPS) is 23.4. The Kier molecular flexibility index (Phi) is 2.79. The van der Waals surface area contributed by atoms with Crippen LogP contribution in [0.4, 0.5) is 4.39 Å². The number of halogens is 1. The van der Waals surface area contributed by atoms with Crippen LogP contribution in [0.25, 0.3) is 0 Å². The van der Waals surface area contributed by atoms with Gasteiger partial charge in [-0.15, -0.1) is 0 Å². The Morgan fingerprint density at radius 1 is 1.12 bits per heavy atom. The second-order valence-corrected chi connectivity index (χ2v) is 6.12. The summed E-state index contributed by atoms with van der Waals surface area (Å²) in [6, 6.07) is 6.68. The predicted octanol–water partition coefficient (Wildman–Crippen LogP) is 3.01. The lowest BCUT2D eigenvalue weighted by molar-refractivity contribution is 0.417. The molecule has 0 radical (unpaired) electrons. The van der Waals surface area contributed by atoms with Crippen molar-refractivity contribution in [2.75, 3.05) is 0 Å². The first-order valence-electron chi connectivity index (χ1n) is 6.04. The first-order valence-corrected chi connectivity index (χ1v) is 6.04. The monoisotopic (exact) mass is 236 g/mol. The lowest BCUT2D eigenvalue weighted by atomic mass is 9.97.